The van der Waals surface area contributed by atoms with Crippen LogP contribution in [0.15, 0.2) is 54.1 Å². The molecule has 2 N–H and O–H groups in total. The Bertz CT molecular complexity index is 362. The highest BCUT2D eigenvalue weighted by atomic mass is 14.6. The van der Waals surface area contributed by atoms with E-state index in [9.17, 15) is 0 Å². The van der Waals surface area contributed by atoms with Crippen LogP contribution in [0, 0.1) is 0 Å². The van der Waals surface area contributed by atoms with Crippen molar-refractivity contribution in [2.45, 2.75) is 25.3 Å². The summed E-state index contributed by atoms with van der Waals surface area (Å²) in [6.07, 6.45) is 10.0. The van der Waals surface area contributed by atoms with E-state index in [1.807, 2.05) is 18.2 Å². The Morgan fingerprint density at radius 1 is 1.13 bits per heavy atom. The molecule has 1 aromatic rings. The largest absolute Gasteiger partial charge is 0.324 e. The standard InChI is InChI=1S/C14H17N/c15-14(13-9-5-2-6-10-13)11-12-7-3-1-4-8-12/h2-3,5-10,14H,1,4,11,15H2. The first-order valence-electron chi connectivity index (χ1n) is 5.52. The van der Waals surface area contributed by atoms with Crippen molar-refractivity contribution in [1.29, 1.82) is 0 Å². The summed E-state index contributed by atoms with van der Waals surface area (Å²) in [4.78, 5) is 0. The van der Waals surface area contributed by atoms with Crippen molar-refractivity contribution in [3.63, 3.8) is 0 Å². The SMILES string of the molecule is NC(CC1=CCCC=C1)c1ccccc1. The van der Waals surface area contributed by atoms with E-state index >= 15 is 0 Å². The van der Waals surface area contributed by atoms with Crippen LogP contribution in [0.1, 0.15) is 30.9 Å². The molecular formula is C14H17N. The molecule has 78 valence electrons. The smallest absolute Gasteiger partial charge is 0.0335 e. The lowest BCUT2D eigenvalue weighted by Crippen LogP contribution is -2.10. The maximum atomic E-state index is 6.15. The second-order valence-electron chi connectivity index (χ2n) is 3.98. The van der Waals surface area contributed by atoms with Crippen molar-refractivity contribution >= 4 is 0 Å². The Morgan fingerprint density at radius 2 is 1.93 bits per heavy atom. The summed E-state index contributed by atoms with van der Waals surface area (Å²) in [5.74, 6) is 0. The summed E-state index contributed by atoms with van der Waals surface area (Å²) in [6.45, 7) is 0. The van der Waals surface area contributed by atoms with Crippen molar-refractivity contribution in [1.82, 2.24) is 0 Å². The lowest BCUT2D eigenvalue weighted by atomic mass is 9.96. The molecule has 1 unspecified atom stereocenters. The quantitative estimate of drug-likeness (QED) is 0.793. The number of benzene rings is 1. The summed E-state index contributed by atoms with van der Waals surface area (Å²) in [5.41, 5.74) is 8.74. The third-order valence-corrected chi connectivity index (χ3v) is 2.76. The van der Waals surface area contributed by atoms with Gasteiger partial charge in [-0.15, -0.1) is 0 Å². The van der Waals surface area contributed by atoms with E-state index in [0.717, 1.165) is 12.8 Å². The minimum absolute atomic E-state index is 0.125. The fourth-order valence-electron chi connectivity index (χ4n) is 1.89. The number of rotatable bonds is 3. The molecule has 0 fully saturated rings. The molecule has 2 rings (SSSR count). The summed E-state index contributed by atoms with van der Waals surface area (Å²) >= 11 is 0. The van der Waals surface area contributed by atoms with Crippen LogP contribution in [0.2, 0.25) is 0 Å². The first kappa shape index (κ1) is 10.2. The van der Waals surface area contributed by atoms with Crippen LogP contribution in [0.25, 0.3) is 0 Å². The van der Waals surface area contributed by atoms with Gasteiger partial charge < -0.3 is 5.73 Å². The van der Waals surface area contributed by atoms with Crippen LogP contribution in [0.5, 0.6) is 0 Å². The van der Waals surface area contributed by atoms with Crippen molar-refractivity contribution in [3.8, 4) is 0 Å². The number of hydrogen-bond donors (Lipinski definition) is 1. The van der Waals surface area contributed by atoms with Crippen LogP contribution in [0.3, 0.4) is 0 Å². The van der Waals surface area contributed by atoms with Gasteiger partial charge in [0.15, 0.2) is 0 Å². The summed E-state index contributed by atoms with van der Waals surface area (Å²) < 4.78 is 0. The lowest BCUT2D eigenvalue weighted by molar-refractivity contribution is 0.719. The molecular weight excluding hydrogens is 182 g/mol. The van der Waals surface area contributed by atoms with Gasteiger partial charge in [-0.3, -0.25) is 0 Å². The molecule has 0 radical (unpaired) electrons. The third-order valence-electron chi connectivity index (χ3n) is 2.76. The van der Waals surface area contributed by atoms with Gasteiger partial charge in [0.2, 0.25) is 0 Å². The predicted molar refractivity (Wildman–Crippen MR) is 64.4 cm³/mol. The molecule has 0 saturated heterocycles. The van der Waals surface area contributed by atoms with Crippen molar-refractivity contribution in [2.24, 2.45) is 5.73 Å². The molecule has 0 aliphatic heterocycles. The van der Waals surface area contributed by atoms with Crippen LogP contribution in [-0.4, -0.2) is 0 Å². The molecule has 0 bridgehead atoms. The third kappa shape index (κ3) is 2.80. The lowest BCUT2D eigenvalue weighted by Gasteiger charge is -2.14. The zero-order chi connectivity index (χ0) is 10.5. The molecule has 1 aliphatic rings. The van der Waals surface area contributed by atoms with Gasteiger partial charge in [0.05, 0.1) is 0 Å². The molecule has 0 saturated carbocycles. The molecule has 0 heterocycles. The van der Waals surface area contributed by atoms with E-state index in [4.69, 9.17) is 5.73 Å². The van der Waals surface area contributed by atoms with Gasteiger partial charge in [0.1, 0.15) is 0 Å². The summed E-state index contributed by atoms with van der Waals surface area (Å²) in [6, 6.07) is 10.4. The second-order valence-corrected chi connectivity index (χ2v) is 3.98. The molecule has 1 heteroatoms. The average Bonchev–Trinajstić information content (AvgIpc) is 2.31. The van der Waals surface area contributed by atoms with Gasteiger partial charge in [0.25, 0.3) is 0 Å². The van der Waals surface area contributed by atoms with Crippen molar-refractivity contribution in [2.75, 3.05) is 0 Å². The molecule has 1 aliphatic carbocycles. The molecule has 15 heavy (non-hydrogen) atoms. The highest BCUT2D eigenvalue weighted by Gasteiger charge is 2.07. The molecule has 0 amide bonds. The highest BCUT2D eigenvalue weighted by molar-refractivity contribution is 5.27. The zero-order valence-electron chi connectivity index (χ0n) is 8.89. The normalized spacial score (nSPS) is 17.3. The van der Waals surface area contributed by atoms with Gasteiger partial charge in [-0.2, -0.15) is 0 Å². The van der Waals surface area contributed by atoms with E-state index in [1.165, 1.54) is 17.6 Å². The Kier molecular flexibility index (Phi) is 3.36. The van der Waals surface area contributed by atoms with Gasteiger partial charge in [-0.1, -0.05) is 54.1 Å². The van der Waals surface area contributed by atoms with Crippen molar-refractivity contribution < 1.29 is 0 Å². The minimum Gasteiger partial charge on any atom is -0.324 e. The van der Waals surface area contributed by atoms with Crippen LogP contribution in [0.4, 0.5) is 0 Å². The molecule has 1 aromatic carbocycles. The zero-order valence-corrected chi connectivity index (χ0v) is 8.89. The van der Waals surface area contributed by atoms with Gasteiger partial charge in [-0.05, 0) is 24.8 Å². The minimum atomic E-state index is 0.125. The topological polar surface area (TPSA) is 26.0 Å². The number of hydrogen-bond acceptors (Lipinski definition) is 1. The maximum absolute atomic E-state index is 6.15. The Hall–Kier alpha value is -1.34. The highest BCUT2D eigenvalue weighted by Crippen LogP contribution is 2.21. The molecule has 0 aromatic heterocycles. The van der Waals surface area contributed by atoms with Gasteiger partial charge in [-0.25, -0.2) is 0 Å². The first-order chi connectivity index (χ1) is 7.36. The van der Waals surface area contributed by atoms with E-state index in [0.29, 0.717) is 0 Å². The molecule has 0 spiro atoms. The first-order valence-corrected chi connectivity index (χ1v) is 5.52. The number of nitrogens with two attached hydrogens (primary N) is 1. The second kappa shape index (κ2) is 4.94. The molecule has 1 atom stereocenters. The Morgan fingerprint density at radius 3 is 2.60 bits per heavy atom. The van der Waals surface area contributed by atoms with Gasteiger partial charge in [0, 0.05) is 6.04 Å². The predicted octanol–water partition coefficient (Wildman–Crippen LogP) is 3.35. The summed E-state index contributed by atoms with van der Waals surface area (Å²) in [7, 11) is 0. The van der Waals surface area contributed by atoms with Gasteiger partial charge >= 0.3 is 0 Å². The number of allylic oxidation sites excluding steroid dienone is 3. The fraction of sp³-hybridized carbons (Fsp3) is 0.286. The average molecular weight is 199 g/mol. The van der Waals surface area contributed by atoms with E-state index < -0.39 is 0 Å². The van der Waals surface area contributed by atoms with Crippen LogP contribution < -0.4 is 5.73 Å². The molecule has 1 nitrogen and oxygen atoms in total. The van der Waals surface area contributed by atoms with E-state index in [1.54, 1.807) is 0 Å². The summed E-state index contributed by atoms with van der Waals surface area (Å²) in [5, 5.41) is 0. The van der Waals surface area contributed by atoms with Crippen LogP contribution in [-0.2, 0) is 0 Å². The van der Waals surface area contributed by atoms with Crippen molar-refractivity contribution in [3.05, 3.63) is 59.7 Å². The Labute approximate surface area is 91.3 Å². The fourth-order valence-corrected chi connectivity index (χ4v) is 1.89. The van der Waals surface area contributed by atoms with E-state index in [2.05, 4.69) is 30.4 Å². The monoisotopic (exact) mass is 199 g/mol. The van der Waals surface area contributed by atoms with Crippen LogP contribution >= 0.6 is 0 Å². The maximum Gasteiger partial charge on any atom is 0.0335 e. The van der Waals surface area contributed by atoms with E-state index in [-0.39, 0.29) is 6.04 Å². The Balaban J connectivity index is 2.01.